The first-order valence-electron chi connectivity index (χ1n) is 7.86. The summed E-state index contributed by atoms with van der Waals surface area (Å²) < 4.78 is 79.4. The van der Waals surface area contributed by atoms with E-state index in [2.05, 4.69) is 15.0 Å². The highest BCUT2D eigenvalue weighted by Gasteiger charge is 2.43. The van der Waals surface area contributed by atoms with Crippen LogP contribution >= 0.6 is 22.6 Å². The molecule has 3 heterocycles. The second kappa shape index (κ2) is 7.21. The van der Waals surface area contributed by atoms with Crippen LogP contribution in [0.1, 0.15) is 12.5 Å². The van der Waals surface area contributed by atoms with E-state index >= 15 is 0 Å². The molecule has 0 aromatic carbocycles. The molecule has 0 N–H and O–H groups in total. The molecule has 0 saturated heterocycles. The topological polar surface area (TPSA) is 77.7 Å². The third-order valence-electron chi connectivity index (χ3n) is 4.11. The summed E-state index contributed by atoms with van der Waals surface area (Å²) in [5, 5.41) is 0. The first kappa shape index (κ1) is 20.9. The molecule has 0 fully saturated rings. The van der Waals surface area contributed by atoms with Crippen LogP contribution in [0, 0.1) is 3.57 Å². The lowest BCUT2D eigenvalue weighted by atomic mass is 10.1. The zero-order chi connectivity index (χ0) is 20.9. The first-order chi connectivity index (χ1) is 13.0. The van der Waals surface area contributed by atoms with Crippen molar-refractivity contribution in [3.63, 3.8) is 0 Å². The van der Waals surface area contributed by atoms with E-state index in [-0.39, 0.29) is 33.3 Å². The number of alkyl halides is 4. The van der Waals surface area contributed by atoms with Gasteiger partial charge >= 0.3 is 12.3 Å². The van der Waals surface area contributed by atoms with Crippen LogP contribution in [0.3, 0.4) is 0 Å². The average Bonchev–Trinajstić information content (AvgIpc) is 2.97. The van der Waals surface area contributed by atoms with Crippen LogP contribution < -0.4 is 0 Å². The Morgan fingerprint density at radius 3 is 2.50 bits per heavy atom. The van der Waals surface area contributed by atoms with Crippen molar-refractivity contribution in [3.05, 3.63) is 33.7 Å². The molecule has 3 rings (SSSR count). The van der Waals surface area contributed by atoms with Crippen molar-refractivity contribution >= 4 is 43.6 Å². The van der Waals surface area contributed by atoms with Gasteiger partial charge in [-0.1, -0.05) is 6.92 Å². The standard InChI is InChI=1S/C16H13F4IN4O2S/c1-3-28(26,27)11-5-9(21)7-22-12(11)14-24-10-4-8(16(19,20)15(17)18)6-23-13(10)25(14)2/h4-7,15H,3H2,1-2H3. The SMILES string of the molecule is CCS(=O)(=O)c1cc(I)cnc1-c1nc2cc(C(F)(F)C(F)F)cnc2n1C. The van der Waals surface area contributed by atoms with Gasteiger partial charge in [0.25, 0.3) is 0 Å². The number of halogens is 5. The number of hydrogen-bond donors (Lipinski definition) is 0. The molecule has 0 unspecified atom stereocenters. The molecule has 0 spiro atoms. The van der Waals surface area contributed by atoms with Gasteiger partial charge in [0.15, 0.2) is 21.3 Å². The van der Waals surface area contributed by atoms with E-state index in [9.17, 15) is 26.0 Å². The summed E-state index contributed by atoms with van der Waals surface area (Å²) in [7, 11) is -2.15. The first-order valence-corrected chi connectivity index (χ1v) is 10.6. The van der Waals surface area contributed by atoms with Crippen molar-refractivity contribution in [2.45, 2.75) is 24.2 Å². The highest BCUT2D eigenvalue weighted by molar-refractivity contribution is 14.1. The Labute approximate surface area is 171 Å². The van der Waals surface area contributed by atoms with E-state index in [1.165, 1.54) is 30.8 Å². The fraction of sp³-hybridized carbons (Fsp3) is 0.312. The molecule has 0 saturated carbocycles. The summed E-state index contributed by atoms with van der Waals surface area (Å²) in [6, 6.07) is 2.25. The molecular formula is C16H13F4IN4O2S. The van der Waals surface area contributed by atoms with Crippen LogP contribution in [0.2, 0.25) is 0 Å². The fourth-order valence-corrected chi connectivity index (χ4v) is 4.30. The quantitative estimate of drug-likeness (QED) is 0.372. The molecule has 0 aliphatic carbocycles. The van der Waals surface area contributed by atoms with E-state index in [4.69, 9.17) is 0 Å². The predicted molar refractivity (Wildman–Crippen MR) is 102 cm³/mol. The van der Waals surface area contributed by atoms with E-state index in [0.717, 1.165) is 6.07 Å². The molecule has 0 radical (unpaired) electrons. The lowest BCUT2D eigenvalue weighted by Crippen LogP contribution is -2.23. The highest BCUT2D eigenvalue weighted by atomic mass is 127. The number of imidazole rings is 1. The van der Waals surface area contributed by atoms with Gasteiger partial charge in [0, 0.05) is 28.6 Å². The third kappa shape index (κ3) is 3.47. The van der Waals surface area contributed by atoms with Crippen molar-refractivity contribution in [2.24, 2.45) is 7.05 Å². The van der Waals surface area contributed by atoms with Gasteiger partial charge in [0.2, 0.25) is 0 Å². The predicted octanol–water partition coefficient (Wildman–Crippen LogP) is 3.79. The maximum absolute atomic E-state index is 13.6. The summed E-state index contributed by atoms with van der Waals surface area (Å²) in [5.74, 6) is -4.48. The molecule has 0 bridgehead atoms. The Morgan fingerprint density at radius 2 is 1.89 bits per heavy atom. The lowest BCUT2D eigenvalue weighted by molar-refractivity contribution is -0.135. The number of aryl methyl sites for hydroxylation is 1. The summed E-state index contributed by atoms with van der Waals surface area (Å²) in [6.07, 6.45) is -1.80. The summed E-state index contributed by atoms with van der Waals surface area (Å²) in [6.45, 7) is 1.48. The van der Waals surface area contributed by atoms with Crippen molar-refractivity contribution in [1.82, 2.24) is 19.5 Å². The Hall–Kier alpha value is -1.83. The van der Waals surface area contributed by atoms with Gasteiger partial charge in [-0.3, -0.25) is 4.98 Å². The van der Waals surface area contributed by atoms with E-state index < -0.39 is 27.7 Å². The average molecular weight is 528 g/mol. The van der Waals surface area contributed by atoms with Crippen molar-refractivity contribution in [2.75, 3.05) is 5.75 Å². The van der Waals surface area contributed by atoms with Gasteiger partial charge in [-0.2, -0.15) is 8.78 Å². The fourth-order valence-electron chi connectivity index (χ4n) is 2.58. The maximum Gasteiger partial charge on any atom is 0.334 e. The molecule has 150 valence electrons. The number of aromatic nitrogens is 4. The highest BCUT2D eigenvalue weighted by Crippen LogP contribution is 2.36. The number of nitrogens with zero attached hydrogens (tertiary/aromatic N) is 4. The molecule has 6 nitrogen and oxygen atoms in total. The third-order valence-corrected chi connectivity index (χ3v) is 6.45. The van der Waals surface area contributed by atoms with Crippen molar-refractivity contribution in [1.29, 1.82) is 0 Å². The number of pyridine rings is 2. The normalized spacial score (nSPS) is 12.9. The number of fused-ring (bicyclic) bond motifs is 1. The Bertz CT molecular complexity index is 1160. The van der Waals surface area contributed by atoms with Gasteiger partial charge in [0.1, 0.15) is 11.2 Å². The molecule has 28 heavy (non-hydrogen) atoms. The van der Waals surface area contributed by atoms with Crippen molar-refractivity contribution < 1.29 is 26.0 Å². The minimum absolute atomic E-state index is 0.0323. The van der Waals surface area contributed by atoms with Gasteiger partial charge in [0.05, 0.1) is 10.6 Å². The molecule has 0 atom stereocenters. The Morgan fingerprint density at radius 1 is 1.21 bits per heavy atom. The largest absolute Gasteiger partial charge is 0.334 e. The molecular weight excluding hydrogens is 515 g/mol. The lowest BCUT2D eigenvalue weighted by Gasteiger charge is -2.14. The second-order valence-corrected chi connectivity index (χ2v) is 9.38. The van der Waals surface area contributed by atoms with E-state index in [1.807, 2.05) is 22.6 Å². The van der Waals surface area contributed by atoms with Gasteiger partial charge in [-0.15, -0.1) is 0 Å². The van der Waals surface area contributed by atoms with Crippen LogP contribution in [0.5, 0.6) is 0 Å². The summed E-state index contributed by atoms with van der Waals surface area (Å²) in [4.78, 5) is 12.1. The zero-order valence-corrected chi connectivity index (χ0v) is 17.5. The number of rotatable bonds is 5. The number of hydrogen-bond acceptors (Lipinski definition) is 5. The zero-order valence-electron chi connectivity index (χ0n) is 14.5. The summed E-state index contributed by atoms with van der Waals surface area (Å²) >= 11 is 1.92. The Balaban J connectivity index is 2.25. The summed E-state index contributed by atoms with van der Waals surface area (Å²) in [5.41, 5.74) is -0.888. The molecule has 12 heteroatoms. The molecule has 0 aliphatic rings. The number of sulfone groups is 1. The second-order valence-electron chi connectivity index (χ2n) is 5.89. The monoisotopic (exact) mass is 528 g/mol. The van der Waals surface area contributed by atoms with E-state index in [0.29, 0.717) is 9.77 Å². The van der Waals surface area contributed by atoms with Crippen LogP contribution in [0.4, 0.5) is 17.6 Å². The Kier molecular flexibility index (Phi) is 5.38. The molecule has 3 aromatic heterocycles. The van der Waals surface area contributed by atoms with Gasteiger partial charge in [-0.05, 0) is 34.7 Å². The van der Waals surface area contributed by atoms with Crippen LogP contribution in [-0.4, -0.2) is 40.1 Å². The van der Waals surface area contributed by atoms with Crippen LogP contribution in [0.15, 0.2) is 29.4 Å². The molecule has 0 amide bonds. The van der Waals surface area contributed by atoms with Crippen LogP contribution in [-0.2, 0) is 22.8 Å². The van der Waals surface area contributed by atoms with Crippen molar-refractivity contribution in [3.8, 4) is 11.5 Å². The van der Waals surface area contributed by atoms with Gasteiger partial charge in [-0.25, -0.2) is 27.2 Å². The molecule has 0 aliphatic heterocycles. The van der Waals surface area contributed by atoms with Crippen LogP contribution in [0.25, 0.3) is 22.7 Å². The molecule has 3 aromatic rings. The smallest absolute Gasteiger partial charge is 0.310 e. The minimum Gasteiger partial charge on any atom is -0.310 e. The minimum atomic E-state index is -4.38. The maximum atomic E-state index is 13.6. The van der Waals surface area contributed by atoms with Gasteiger partial charge < -0.3 is 4.57 Å². The van der Waals surface area contributed by atoms with E-state index in [1.54, 1.807) is 0 Å².